The molecule has 1 saturated carbocycles. The van der Waals surface area contributed by atoms with Gasteiger partial charge in [0.25, 0.3) is 0 Å². The minimum absolute atomic E-state index is 0.266. The van der Waals surface area contributed by atoms with E-state index < -0.39 is 12.1 Å². The molecule has 3 rings (SSSR count). The van der Waals surface area contributed by atoms with Crippen LogP contribution in [0.15, 0.2) is 54.6 Å². The quantitative estimate of drug-likeness (QED) is 0.446. The second-order valence-electron chi connectivity index (χ2n) is 8.30. The third-order valence-corrected chi connectivity index (χ3v) is 6.24. The van der Waals surface area contributed by atoms with E-state index >= 15 is 0 Å². The van der Waals surface area contributed by atoms with Crippen molar-refractivity contribution >= 4 is 0 Å². The average molecular weight is 431 g/mol. The number of nitriles is 1. The van der Waals surface area contributed by atoms with Gasteiger partial charge in [-0.25, -0.2) is 0 Å². The highest BCUT2D eigenvalue weighted by Crippen LogP contribution is 2.50. The van der Waals surface area contributed by atoms with Crippen LogP contribution in [-0.4, -0.2) is 24.2 Å². The lowest BCUT2D eigenvalue weighted by Crippen LogP contribution is -2.36. The Morgan fingerprint density at radius 3 is 2.13 bits per heavy atom. The standard InChI is InChI=1S/C24H30F3N.C2H3N/c1-3-21(28(2)17-19-7-5-4-6-8-19)14-11-18-9-12-20(13-10-18)22-15-16-23(22)24(25,26)27;1-2-3/h4-10,12-13,21-23H,3,11,14-17H2,1-2H3;1H3. The number of halogens is 3. The molecule has 168 valence electrons. The molecule has 0 saturated heterocycles. The molecule has 2 aromatic rings. The Hall–Kier alpha value is -2.32. The Bertz CT molecular complexity index is 809. The molecule has 2 nitrogen and oxygen atoms in total. The number of benzene rings is 2. The lowest BCUT2D eigenvalue weighted by atomic mass is 9.69. The molecule has 0 radical (unpaired) electrons. The van der Waals surface area contributed by atoms with E-state index in [9.17, 15) is 13.2 Å². The van der Waals surface area contributed by atoms with Crippen LogP contribution in [0.1, 0.15) is 62.1 Å². The lowest BCUT2D eigenvalue weighted by Gasteiger charge is -2.38. The Kier molecular flexibility index (Phi) is 9.58. The van der Waals surface area contributed by atoms with Gasteiger partial charge in [-0.2, -0.15) is 18.4 Å². The van der Waals surface area contributed by atoms with Gasteiger partial charge in [-0.1, -0.05) is 61.5 Å². The molecule has 3 unspecified atom stereocenters. The van der Waals surface area contributed by atoms with Crippen LogP contribution >= 0.6 is 0 Å². The minimum Gasteiger partial charge on any atom is -0.299 e. The van der Waals surface area contributed by atoms with E-state index in [0.29, 0.717) is 12.5 Å². The van der Waals surface area contributed by atoms with E-state index in [1.807, 2.05) is 30.3 Å². The van der Waals surface area contributed by atoms with E-state index in [0.717, 1.165) is 31.4 Å². The molecule has 5 heteroatoms. The van der Waals surface area contributed by atoms with Gasteiger partial charge in [-0.3, -0.25) is 4.90 Å². The predicted octanol–water partition coefficient (Wildman–Crippen LogP) is 7.12. The van der Waals surface area contributed by atoms with E-state index in [-0.39, 0.29) is 12.3 Å². The zero-order chi connectivity index (χ0) is 22.9. The molecule has 0 amide bonds. The zero-order valence-corrected chi connectivity index (χ0v) is 18.7. The van der Waals surface area contributed by atoms with Crippen LogP contribution in [0.3, 0.4) is 0 Å². The maximum Gasteiger partial charge on any atom is 0.392 e. The van der Waals surface area contributed by atoms with Crippen LogP contribution in [0, 0.1) is 17.2 Å². The smallest absolute Gasteiger partial charge is 0.299 e. The van der Waals surface area contributed by atoms with Crippen LogP contribution in [0.2, 0.25) is 0 Å². The monoisotopic (exact) mass is 430 g/mol. The molecule has 1 fully saturated rings. The van der Waals surface area contributed by atoms with Crippen molar-refractivity contribution in [2.75, 3.05) is 7.05 Å². The summed E-state index contributed by atoms with van der Waals surface area (Å²) in [5.41, 5.74) is 3.36. The van der Waals surface area contributed by atoms with Crippen LogP contribution in [-0.2, 0) is 13.0 Å². The number of nitrogens with zero attached hydrogens (tertiary/aromatic N) is 2. The van der Waals surface area contributed by atoms with Crippen LogP contribution in [0.4, 0.5) is 13.2 Å². The number of alkyl halides is 3. The Morgan fingerprint density at radius 2 is 1.65 bits per heavy atom. The van der Waals surface area contributed by atoms with Crippen LogP contribution in [0.25, 0.3) is 0 Å². The Balaban J connectivity index is 0.00000107. The van der Waals surface area contributed by atoms with E-state index in [1.54, 1.807) is 6.07 Å². The molecule has 31 heavy (non-hydrogen) atoms. The van der Waals surface area contributed by atoms with Crippen molar-refractivity contribution in [1.82, 2.24) is 4.90 Å². The van der Waals surface area contributed by atoms with Crippen molar-refractivity contribution < 1.29 is 13.2 Å². The number of hydrogen-bond donors (Lipinski definition) is 0. The fraction of sp³-hybridized carbons (Fsp3) is 0.500. The second kappa shape index (κ2) is 11.9. The first-order valence-corrected chi connectivity index (χ1v) is 11.0. The summed E-state index contributed by atoms with van der Waals surface area (Å²) < 4.78 is 39.0. The van der Waals surface area contributed by atoms with Gasteiger partial charge in [0.1, 0.15) is 0 Å². The van der Waals surface area contributed by atoms with Gasteiger partial charge in [0.2, 0.25) is 0 Å². The molecule has 1 aliphatic carbocycles. The fourth-order valence-corrected chi connectivity index (χ4v) is 4.29. The molecular weight excluding hydrogens is 397 g/mol. The fourth-order valence-electron chi connectivity index (χ4n) is 4.29. The summed E-state index contributed by atoms with van der Waals surface area (Å²) in [4.78, 5) is 2.39. The van der Waals surface area contributed by atoms with Gasteiger partial charge < -0.3 is 0 Å². The molecule has 2 aromatic carbocycles. The van der Waals surface area contributed by atoms with Crippen LogP contribution < -0.4 is 0 Å². The van der Waals surface area contributed by atoms with Crippen molar-refractivity contribution in [3.63, 3.8) is 0 Å². The van der Waals surface area contributed by atoms with Crippen molar-refractivity contribution in [2.24, 2.45) is 5.92 Å². The first kappa shape index (κ1) is 24.9. The average Bonchev–Trinajstić information content (AvgIpc) is 2.69. The topological polar surface area (TPSA) is 27.0 Å². The largest absolute Gasteiger partial charge is 0.392 e. The summed E-state index contributed by atoms with van der Waals surface area (Å²) in [6, 6.07) is 20.6. The molecule has 0 heterocycles. The highest BCUT2D eigenvalue weighted by molar-refractivity contribution is 5.28. The van der Waals surface area contributed by atoms with Crippen LogP contribution in [0.5, 0.6) is 0 Å². The normalized spacial score (nSPS) is 19.0. The minimum atomic E-state index is -4.07. The first-order chi connectivity index (χ1) is 14.8. The molecule has 0 aliphatic heterocycles. The summed E-state index contributed by atoms with van der Waals surface area (Å²) >= 11 is 0. The molecule has 1 aliphatic rings. The molecule has 3 atom stereocenters. The number of hydrogen-bond acceptors (Lipinski definition) is 2. The molecule has 0 aromatic heterocycles. The molecule has 0 spiro atoms. The van der Waals surface area contributed by atoms with Gasteiger partial charge in [-0.05, 0) is 61.8 Å². The summed E-state index contributed by atoms with van der Waals surface area (Å²) in [5.74, 6) is -1.51. The van der Waals surface area contributed by atoms with E-state index in [1.165, 1.54) is 18.1 Å². The van der Waals surface area contributed by atoms with E-state index in [2.05, 4.69) is 43.1 Å². The van der Waals surface area contributed by atoms with Crippen molar-refractivity contribution in [3.8, 4) is 6.07 Å². The summed E-state index contributed by atoms with van der Waals surface area (Å²) in [5, 5.41) is 7.32. The zero-order valence-electron chi connectivity index (χ0n) is 18.7. The van der Waals surface area contributed by atoms with Gasteiger partial charge in [0.15, 0.2) is 0 Å². The summed E-state index contributed by atoms with van der Waals surface area (Å²) in [7, 11) is 2.16. The summed E-state index contributed by atoms with van der Waals surface area (Å²) in [6.45, 7) is 4.57. The summed E-state index contributed by atoms with van der Waals surface area (Å²) in [6.07, 6.45) is -0.0807. The van der Waals surface area contributed by atoms with Gasteiger partial charge >= 0.3 is 6.18 Å². The first-order valence-electron chi connectivity index (χ1n) is 11.0. The van der Waals surface area contributed by atoms with Gasteiger partial charge in [0.05, 0.1) is 12.0 Å². The maximum absolute atomic E-state index is 13.0. The number of aryl methyl sites for hydroxylation is 1. The predicted molar refractivity (Wildman–Crippen MR) is 120 cm³/mol. The van der Waals surface area contributed by atoms with Crippen molar-refractivity contribution in [3.05, 3.63) is 71.3 Å². The molecule has 0 bridgehead atoms. The maximum atomic E-state index is 13.0. The van der Waals surface area contributed by atoms with Gasteiger partial charge in [0, 0.05) is 19.5 Å². The molecular formula is C26H33F3N2. The SMILES string of the molecule is CC#N.CCC(CCc1ccc(C2CCC2C(F)(F)F)cc1)N(C)Cc1ccccc1. The highest BCUT2D eigenvalue weighted by Gasteiger charge is 2.50. The third-order valence-electron chi connectivity index (χ3n) is 6.24. The number of rotatable bonds is 8. The Morgan fingerprint density at radius 1 is 1.03 bits per heavy atom. The highest BCUT2D eigenvalue weighted by atomic mass is 19.4. The molecule has 0 N–H and O–H groups in total. The third kappa shape index (κ3) is 7.40. The van der Waals surface area contributed by atoms with Crippen molar-refractivity contribution in [2.45, 2.75) is 70.6 Å². The lowest BCUT2D eigenvalue weighted by molar-refractivity contribution is -0.200. The second-order valence-corrected chi connectivity index (χ2v) is 8.30. The Labute approximate surface area is 184 Å². The van der Waals surface area contributed by atoms with Gasteiger partial charge in [-0.15, -0.1) is 0 Å². The van der Waals surface area contributed by atoms with E-state index in [4.69, 9.17) is 5.26 Å². The van der Waals surface area contributed by atoms with Crippen molar-refractivity contribution in [1.29, 1.82) is 5.26 Å².